The summed E-state index contributed by atoms with van der Waals surface area (Å²) in [6.45, 7) is 0.511. The smallest absolute Gasteiger partial charge is 0.116 e. The van der Waals surface area contributed by atoms with Gasteiger partial charge in [-0.1, -0.05) is 41.9 Å². The number of nitrogens with zero attached hydrogens (tertiary/aromatic N) is 1. The highest BCUT2D eigenvalue weighted by molar-refractivity contribution is 6.31. The molecule has 3 nitrogen and oxygen atoms in total. The van der Waals surface area contributed by atoms with Gasteiger partial charge in [0.25, 0.3) is 0 Å². The maximum Gasteiger partial charge on any atom is 0.116 e. The molecule has 1 unspecified atom stereocenters. The van der Waals surface area contributed by atoms with E-state index in [1.54, 1.807) is 0 Å². The Kier molecular flexibility index (Phi) is 3.23. The largest absolute Gasteiger partial charge is 0.341 e. The summed E-state index contributed by atoms with van der Waals surface area (Å²) in [5.74, 6) is 0.957. The van der Waals surface area contributed by atoms with Gasteiger partial charge in [-0.15, -0.1) is 0 Å². The summed E-state index contributed by atoms with van der Waals surface area (Å²) in [5.41, 5.74) is 8.92. The minimum Gasteiger partial charge on any atom is -0.341 e. The number of halogens is 1. The normalized spacial score (nSPS) is 12.7. The first-order chi connectivity index (χ1) is 9.28. The lowest BCUT2D eigenvalue weighted by Crippen LogP contribution is -2.15. The van der Waals surface area contributed by atoms with Crippen LogP contribution in [-0.2, 0) is 0 Å². The van der Waals surface area contributed by atoms with Gasteiger partial charge in [0.1, 0.15) is 5.82 Å². The van der Waals surface area contributed by atoms with E-state index in [2.05, 4.69) is 22.1 Å². The molecule has 0 aliphatic carbocycles. The van der Waals surface area contributed by atoms with E-state index in [4.69, 9.17) is 17.3 Å². The Morgan fingerprint density at radius 1 is 1.16 bits per heavy atom. The van der Waals surface area contributed by atoms with E-state index in [-0.39, 0.29) is 5.92 Å². The molecule has 96 valence electrons. The maximum atomic E-state index is 5.99. The second-order valence-corrected chi connectivity index (χ2v) is 4.92. The van der Waals surface area contributed by atoms with Gasteiger partial charge in [0.15, 0.2) is 0 Å². The van der Waals surface area contributed by atoms with Crippen molar-refractivity contribution in [2.24, 2.45) is 5.73 Å². The Labute approximate surface area is 116 Å². The van der Waals surface area contributed by atoms with E-state index in [1.165, 1.54) is 0 Å². The molecule has 0 aliphatic heterocycles. The molecule has 0 saturated heterocycles. The van der Waals surface area contributed by atoms with Crippen LogP contribution in [-0.4, -0.2) is 16.5 Å². The highest BCUT2D eigenvalue weighted by Gasteiger charge is 2.16. The number of aromatic nitrogens is 2. The zero-order chi connectivity index (χ0) is 13.2. The van der Waals surface area contributed by atoms with Crippen molar-refractivity contribution in [3.05, 3.63) is 64.9 Å². The zero-order valence-corrected chi connectivity index (χ0v) is 11.1. The van der Waals surface area contributed by atoms with Crippen LogP contribution < -0.4 is 5.73 Å². The van der Waals surface area contributed by atoms with E-state index >= 15 is 0 Å². The van der Waals surface area contributed by atoms with Gasteiger partial charge < -0.3 is 10.7 Å². The third-order valence-electron chi connectivity index (χ3n) is 3.23. The molecule has 0 amide bonds. The molecule has 1 atom stereocenters. The molecular weight excluding hydrogens is 258 g/mol. The molecule has 0 fully saturated rings. The topological polar surface area (TPSA) is 54.7 Å². The lowest BCUT2D eigenvalue weighted by molar-refractivity contribution is 0.769. The predicted octanol–water partition coefficient (Wildman–Crippen LogP) is 3.31. The van der Waals surface area contributed by atoms with E-state index in [1.807, 2.05) is 36.4 Å². The van der Waals surface area contributed by atoms with Gasteiger partial charge in [0, 0.05) is 11.6 Å². The summed E-state index contributed by atoms with van der Waals surface area (Å²) in [5, 5.41) is 0.701. The lowest BCUT2D eigenvalue weighted by atomic mass is 9.99. The van der Waals surface area contributed by atoms with Gasteiger partial charge in [-0.05, 0) is 23.8 Å². The Balaban J connectivity index is 2.07. The Morgan fingerprint density at radius 3 is 2.68 bits per heavy atom. The summed E-state index contributed by atoms with van der Waals surface area (Å²) < 4.78 is 0. The summed E-state index contributed by atoms with van der Waals surface area (Å²) in [6, 6.07) is 15.8. The average Bonchev–Trinajstić information content (AvgIpc) is 2.83. The van der Waals surface area contributed by atoms with Crippen LogP contribution in [0, 0.1) is 0 Å². The van der Waals surface area contributed by atoms with Crippen molar-refractivity contribution in [1.82, 2.24) is 9.97 Å². The van der Waals surface area contributed by atoms with Crippen molar-refractivity contribution >= 4 is 22.6 Å². The van der Waals surface area contributed by atoms with Gasteiger partial charge in [0.05, 0.1) is 17.0 Å². The summed E-state index contributed by atoms with van der Waals surface area (Å²) in [6.07, 6.45) is 0. The minimum atomic E-state index is 0.0763. The van der Waals surface area contributed by atoms with Gasteiger partial charge >= 0.3 is 0 Å². The van der Waals surface area contributed by atoms with Crippen LogP contribution in [0.1, 0.15) is 17.3 Å². The van der Waals surface area contributed by atoms with Crippen molar-refractivity contribution in [2.75, 3.05) is 6.54 Å². The fourth-order valence-corrected chi connectivity index (χ4v) is 2.43. The third kappa shape index (κ3) is 2.35. The molecule has 1 aromatic heterocycles. The molecule has 0 saturated carbocycles. The number of aromatic amines is 1. The molecule has 0 bridgehead atoms. The number of benzene rings is 2. The fourth-order valence-electron chi connectivity index (χ4n) is 2.26. The Morgan fingerprint density at radius 2 is 1.95 bits per heavy atom. The Hall–Kier alpha value is -1.84. The molecule has 0 spiro atoms. The first kappa shape index (κ1) is 12.2. The molecule has 3 N–H and O–H groups in total. The monoisotopic (exact) mass is 271 g/mol. The number of imidazole rings is 1. The first-order valence-corrected chi connectivity index (χ1v) is 6.56. The summed E-state index contributed by atoms with van der Waals surface area (Å²) >= 11 is 5.99. The molecular formula is C15H14ClN3. The van der Waals surface area contributed by atoms with Crippen molar-refractivity contribution in [3.63, 3.8) is 0 Å². The number of H-pyrrole nitrogens is 1. The molecule has 0 radical (unpaired) electrons. The number of hydrogen-bond acceptors (Lipinski definition) is 2. The van der Waals surface area contributed by atoms with Crippen LogP contribution in [0.25, 0.3) is 11.0 Å². The average molecular weight is 272 g/mol. The first-order valence-electron chi connectivity index (χ1n) is 6.18. The van der Waals surface area contributed by atoms with Crippen LogP contribution in [0.2, 0.25) is 5.02 Å². The molecule has 2 aromatic carbocycles. The molecule has 4 heteroatoms. The number of nitrogens with one attached hydrogen (secondary N) is 1. The second kappa shape index (κ2) is 5.03. The number of hydrogen-bond donors (Lipinski definition) is 2. The van der Waals surface area contributed by atoms with Crippen molar-refractivity contribution < 1.29 is 0 Å². The SMILES string of the molecule is NCC(c1ccccc1)c1nc2ccc(Cl)cc2[nH]1. The Bertz CT molecular complexity index is 691. The zero-order valence-electron chi connectivity index (χ0n) is 10.3. The van der Waals surface area contributed by atoms with Crippen LogP contribution in [0.5, 0.6) is 0 Å². The van der Waals surface area contributed by atoms with Crippen LogP contribution in [0.4, 0.5) is 0 Å². The van der Waals surface area contributed by atoms with Crippen molar-refractivity contribution in [2.45, 2.75) is 5.92 Å². The number of fused-ring (bicyclic) bond motifs is 1. The lowest BCUT2D eigenvalue weighted by Gasteiger charge is -2.11. The third-order valence-corrected chi connectivity index (χ3v) is 3.47. The highest BCUT2D eigenvalue weighted by atomic mass is 35.5. The maximum absolute atomic E-state index is 5.99. The van der Waals surface area contributed by atoms with Gasteiger partial charge in [-0.3, -0.25) is 0 Å². The van der Waals surface area contributed by atoms with Crippen LogP contribution in [0.3, 0.4) is 0 Å². The van der Waals surface area contributed by atoms with Gasteiger partial charge in [-0.25, -0.2) is 4.98 Å². The van der Waals surface area contributed by atoms with Crippen molar-refractivity contribution in [3.8, 4) is 0 Å². The second-order valence-electron chi connectivity index (χ2n) is 4.48. The quantitative estimate of drug-likeness (QED) is 0.768. The molecule has 3 aromatic rings. The van der Waals surface area contributed by atoms with Crippen molar-refractivity contribution in [1.29, 1.82) is 0 Å². The van der Waals surface area contributed by atoms with E-state index < -0.39 is 0 Å². The van der Waals surface area contributed by atoms with Crippen LogP contribution in [0.15, 0.2) is 48.5 Å². The number of nitrogens with two attached hydrogens (primary N) is 1. The minimum absolute atomic E-state index is 0.0763. The van der Waals surface area contributed by atoms with E-state index in [0.717, 1.165) is 22.4 Å². The molecule has 3 rings (SSSR count). The molecule has 19 heavy (non-hydrogen) atoms. The van der Waals surface area contributed by atoms with Gasteiger partial charge in [0.2, 0.25) is 0 Å². The number of rotatable bonds is 3. The fraction of sp³-hybridized carbons (Fsp3) is 0.133. The van der Waals surface area contributed by atoms with E-state index in [9.17, 15) is 0 Å². The standard InChI is InChI=1S/C15H14ClN3/c16-11-6-7-13-14(8-11)19-15(18-13)12(9-17)10-4-2-1-3-5-10/h1-8,12H,9,17H2,(H,18,19). The highest BCUT2D eigenvalue weighted by Crippen LogP contribution is 2.24. The molecule has 0 aliphatic rings. The summed E-state index contributed by atoms with van der Waals surface area (Å²) in [7, 11) is 0. The predicted molar refractivity (Wildman–Crippen MR) is 78.4 cm³/mol. The van der Waals surface area contributed by atoms with Crippen LogP contribution >= 0.6 is 11.6 Å². The summed E-state index contributed by atoms with van der Waals surface area (Å²) in [4.78, 5) is 7.92. The molecule has 1 heterocycles. The van der Waals surface area contributed by atoms with Gasteiger partial charge in [-0.2, -0.15) is 0 Å². The van der Waals surface area contributed by atoms with E-state index in [0.29, 0.717) is 11.6 Å².